The Morgan fingerprint density at radius 1 is 1.31 bits per heavy atom. The van der Waals surface area contributed by atoms with E-state index in [0.29, 0.717) is 5.56 Å². The molecule has 68 valence electrons. The zero-order valence-corrected chi connectivity index (χ0v) is 8.03. The van der Waals surface area contributed by atoms with Crippen molar-refractivity contribution in [1.82, 2.24) is 0 Å². The second-order valence-electron chi connectivity index (χ2n) is 2.92. The van der Waals surface area contributed by atoms with Gasteiger partial charge >= 0.3 is 0 Å². The van der Waals surface area contributed by atoms with Gasteiger partial charge in [0.15, 0.2) is 0 Å². The van der Waals surface area contributed by atoms with Gasteiger partial charge in [-0.1, -0.05) is 17.7 Å². The smallest absolute Gasteiger partial charge is 0.265 e. The quantitative estimate of drug-likeness (QED) is 0.606. The standard InChI is InChI=1S/C10H12N2O/c1-7-4-5-8(2)9(6-7)10(13)12-11-3/h4-6H,1-3H3. The highest BCUT2D eigenvalue weighted by Crippen LogP contribution is 2.11. The van der Waals surface area contributed by atoms with Crippen LogP contribution in [0.25, 0.3) is 0 Å². The van der Waals surface area contributed by atoms with Gasteiger partial charge in [0.05, 0.1) is 0 Å². The number of azo groups is 1. The van der Waals surface area contributed by atoms with Crippen molar-refractivity contribution in [2.24, 2.45) is 10.2 Å². The maximum atomic E-state index is 11.4. The van der Waals surface area contributed by atoms with Crippen molar-refractivity contribution < 1.29 is 4.79 Å². The average Bonchev–Trinajstić information content (AvgIpc) is 2.09. The molecule has 0 N–H and O–H groups in total. The number of nitrogens with zero attached hydrogens (tertiary/aromatic N) is 2. The van der Waals surface area contributed by atoms with Gasteiger partial charge in [-0.15, -0.1) is 5.11 Å². The summed E-state index contributed by atoms with van der Waals surface area (Å²) in [6, 6.07) is 5.70. The average molecular weight is 176 g/mol. The third-order valence-corrected chi connectivity index (χ3v) is 1.81. The second-order valence-corrected chi connectivity index (χ2v) is 2.92. The van der Waals surface area contributed by atoms with Gasteiger partial charge in [0.1, 0.15) is 0 Å². The van der Waals surface area contributed by atoms with E-state index in [4.69, 9.17) is 0 Å². The minimum atomic E-state index is -0.274. The number of carbonyl (C=O) groups excluding carboxylic acids is 1. The first-order chi connectivity index (χ1) is 6.15. The second kappa shape index (κ2) is 3.94. The van der Waals surface area contributed by atoms with E-state index >= 15 is 0 Å². The van der Waals surface area contributed by atoms with Gasteiger partial charge in [-0.2, -0.15) is 5.11 Å². The van der Waals surface area contributed by atoms with Crippen molar-refractivity contribution in [3.05, 3.63) is 34.9 Å². The first-order valence-corrected chi connectivity index (χ1v) is 4.06. The molecule has 0 aliphatic rings. The lowest BCUT2D eigenvalue weighted by Gasteiger charge is -2.01. The van der Waals surface area contributed by atoms with Crippen molar-refractivity contribution in [3.8, 4) is 0 Å². The molecule has 1 amide bonds. The van der Waals surface area contributed by atoms with Crippen LogP contribution in [0.4, 0.5) is 0 Å². The largest absolute Gasteiger partial charge is 0.295 e. The number of rotatable bonds is 1. The number of hydrogen-bond acceptors (Lipinski definition) is 2. The predicted octanol–water partition coefficient (Wildman–Crippen LogP) is 2.53. The Balaban J connectivity index is 3.13. The van der Waals surface area contributed by atoms with Crippen molar-refractivity contribution in [3.63, 3.8) is 0 Å². The third-order valence-electron chi connectivity index (χ3n) is 1.81. The topological polar surface area (TPSA) is 41.8 Å². The van der Waals surface area contributed by atoms with Gasteiger partial charge in [-0.05, 0) is 25.5 Å². The highest BCUT2D eigenvalue weighted by Gasteiger charge is 2.07. The summed E-state index contributed by atoms with van der Waals surface area (Å²) in [5, 5.41) is 6.94. The molecule has 1 rings (SSSR count). The SMILES string of the molecule is CN=NC(=O)c1cc(C)ccc1C. The molecule has 0 unspecified atom stereocenters. The van der Waals surface area contributed by atoms with Crippen molar-refractivity contribution in [2.75, 3.05) is 7.05 Å². The zero-order valence-electron chi connectivity index (χ0n) is 8.03. The van der Waals surface area contributed by atoms with Crippen LogP contribution in [-0.2, 0) is 0 Å². The maximum absolute atomic E-state index is 11.4. The molecule has 3 heteroatoms. The first kappa shape index (κ1) is 9.58. The molecule has 0 heterocycles. The van der Waals surface area contributed by atoms with Gasteiger partial charge in [-0.3, -0.25) is 4.79 Å². The molecule has 0 saturated heterocycles. The lowest BCUT2D eigenvalue weighted by Crippen LogP contribution is -1.97. The normalized spacial score (nSPS) is 10.7. The summed E-state index contributed by atoms with van der Waals surface area (Å²) in [6.45, 7) is 3.83. The number of benzene rings is 1. The van der Waals surface area contributed by atoms with Crippen LogP contribution >= 0.6 is 0 Å². The fourth-order valence-electron chi connectivity index (χ4n) is 1.11. The number of carbonyl (C=O) groups is 1. The van der Waals surface area contributed by atoms with Crippen LogP contribution in [0.2, 0.25) is 0 Å². The van der Waals surface area contributed by atoms with Gasteiger partial charge in [0.2, 0.25) is 0 Å². The summed E-state index contributed by atoms with van der Waals surface area (Å²) in [4.78, 5) is 11.4. The minimum Gasteiger partial charge on any atom is -0.265 e. The summed E-state index contributed by atoms with van der Waals surface area (Å²) in [6.07, 6.45) is 0. The summed E-state index contributed by atoms with van der Waals surface area (Å²) in [7, 11) is 1.49. The molecule has 0 bridgehead atoms. The van der Waals surface area contributed by atoms with Gasteiger partial charge in [0, 0.05) is 12.6 Å². The van der Waals surface area contributed by atoms with Crippen LogP contribution in [0, 0.1) is 13.8 Å². The number of hydrogen-bond donors (Lipinski definition) is 0. The van der Waals surface area contributed by atoms with Gasteiger partial charge in [0.25, 0.3) is 5.91 Å². The van der Waals surface area contributed by atoms with Crippen molar-refractivity contribution in [2.45, 2.75) is 13.8 Å². The highest BCUT2D eigenvalue weighted by molar-refractivity contribution is 5.96. The molecule has 1 aromatic rings. The third kappa shape index (κ3) is 2.21. The summed E-state index contributed by atoms with van der Waals surface area (Å²) in [5.41, 5.74) is 2.62. The molecular weight excluding hydrogens is 164 g/mol. The first-order valence-electron chi connectivity index (χ1n) is 4.06. The molecule has 1 aromatic carbocycles. The van der Waals surface area contributed by atoms with Crippen LogP contribution in [0.15, 0.2) is 28.4 Å². The highest BCUT2D eigenvalue weighted by atomic mass is 16.1. The molecule has 0 saturated carbocycles. The lowest BCUT2D eigenvalue weighted by atomic mass is 10.1. The molecule has 0 aromatic heterocycles. The molecular formula is C10H12N2O. The molecule has 3 nitrogen and oxygen atoms in total. The van der Waals surface area contributed by atoms with E-state index in [0.717, 1.165) is 11.1 Å². The number of amides is 1. The van der Waals surface area contributed by atoms with E-state index in [2.05, 4.69) is 10.2 Å². The van der Waals surface area contributed by atoms with E-state index < -0.39 is 0 Å². The molecule has 0 aliphatic carbocycles. The minimum absolute atomic E-state index is 0.274. The van der Waals surface area contributed by atoms with Crippen molar-refractivity contribution in [1.29, 1.82) is 0 Å². The summed E-state index contributed by atoms with van der Waals surface area (Å²) >= 11 is 0. The Bertz CT molecular complexity index is 356. The fraction of sp³-hybridized carbons (Fsp3) is 0.300. The number of aryl methyl sites for hydroxylation is 2. The van der Waals surface area contributed by atoms with Crippen LogP contribution in [-0.4, -0.2) is 13.0 Å². The Kier molecular flexibility index (Phi) is 2.90. The molecule has 0 atom stereocenters. The Hall–Kier alpha value is -1.51. The Morgan fingerprint density at radius 3 is 2.62 bits per heavy atom. The molecule has 13 heavy (non-hydrogen) atoms. The summed E-state index contributed by atoms with van der Waals surface area (Å²) < 4.78 is 0. The predicted molar refractivity (Wildman–Crippen MR) is 51.0 cm³/mol. The molecule has 0 fully saturated rings. The maximum Gasteiger partial charge on any atom is 0.295 e. The Morgan fingerprint density at radius 2 is 2.00 bits per heavy atom. The fourth-order valence-corrected chi connectivity index (χ4v) is 1.11. The zero-order chi connectivity index (χ0) is 9.84. The monoisotopic (exact) mass is 176 g/mol. The van der Waals surface area contributed by atoms with Crippen LogP contribution in [0.5, 0.6) is 0 Å². The molecule has 0 aliphatic heterocycles. The van der Waals surface area contributed by atoms with Crippen LogP contribution < -0.4 is 0 Å². The van der Waals surface area contributed by atoms with E-state index in [-0.39, 0.29) is 5.91 Å². The van der Waals surface area contributed by atoms with E-state index in [9.17, 15) is 4.79 Å². The van der Waals surface area contributed by atoms with Crippen molar-refractivity contribution >= 4 is 5.91 Å². The lowest BCUT2D eigenvalue weighted by molar-refractivity contribution is 0.0993. The van der Waals surface area contributed by atoms with Crippen LogP contribution in [0.1, 0.15) is 21.5 Å². The summed E-state index contributed by atoms with van der Waals surface area (Å²) in [5.74, 6) is -0.274. The Labute approximate surface area is 77.5 Å². The van der Waals surface area contributed by atoms with Gasteiger partial charge < -0.3 is 0 Å². The van der Waals surface area contributed by atoms with E-state index in [1.54, 1.807) is 0 Å². The van der Waals surface area contributed by atoms with E-state index in [1.807, 2.05) is 32.0 Å². The van der Waals surface area contributed by atoms with Gasteiger partial charge in [-0.25, -0.2) is 0 Å². The molecule has 0 spiro atoms. The molecule has 0 radical (unpaired) electrons. The van der Waals surface area contributed by atoms with Crippen LogP contribution in [0.3, 0.4) is 0 Å². The van der Waals surface area contributed by atoms with E-state index in [1.165, 1.54) is 7.05 Å².